The van der Waals surface area contributed by atoms with Gasteiger partial charge in [0.15, 0.2) is 0 Å². The van der Waals surface area contributed by atoms with Gasteiger partial charge in [0.25, 0.3) is 0 Å². The monoisotopic (exact) mass is 264 g/mol. The Kier molecular flexibility index (Phi) is 6.36. The lowest BCUT2D eigenvalue weighted by Crippen LogP contribution is -2.43. The van der Waals surface area contributed by atoms with Gasteiger partial charge >= 0.3 is 6.03 Å². The fraction of sp³-hybridized carbons (Fsp3) is 0.533. The van der Waals surface area contributed by atoms with Gasteiger partial charge in [0, 0.05) is 12.6 Å². The van der Waals surface area contributed by atoms with Crippen LogP contribution in [0.5, 0.6) is 0 Å². The maximum Gasteiger partial charge on any atom is 0.315 e. The minimum Gasteiger partial charge on any atom is -0.392 e. The second kappa shape index (κ2) is 7.79. The molecule has 4 nitrogen and oxygen atoms in total. The van der Waals surface area contributed by atoms with Crippen molar-refractivity contribution in [3.63, 3.8) is 0 Å². The molecule has 2 atom stereocenters. The van der Waals surface area contributed by atoms with E-state index >= 15 is 0 Å². The Morgan fingerprint density at radius 1 is 1.26 bits per heavy atom. The van der Waals surface area contributed by atoms with Crippen molar-refractivity contribution in [1.82, 2.24) is 10.6 Å². The van der Waals surface area contributed by atoms with E-state index in [4.69, 9.17) is 0 Å². The van der Waals surface area contributed by atoms with Crippen LogP contribution < -0.4 is 10.6 Å². The fourth-order valence-electron chi connectivity index (χ4n) is 1.81. The van der Waals surface area contributed by atoms with E-state index in [1.807, 2.05) is 31.2 Å². The molecular formula is C15H24N2O2. The molecule has 0 heterocycles. The van der Waals surface area contributed by atoms with Crippen molar-refractivity contribution >= 4 is 6.03 Å². The van der Waals surface area contributed by atoms with Crippen LogP contribution in [-0.4, -0.2) is 17.2 Å². The summed E-state index contributed by atoms with van der Waals surface area (Å²) in [6.45, 7) is 6.65. The molecule has 1 rings (SSSR count). The van der Waals surface area contributed by atoms with Crippen molar-refractivity contribution in [3.8, 4) is 0 Å². The number of nitrogens with one attached hydrogen (secondary N) is 2. The molecule has 0 bridgehead atoms. The van der Waals surface area contributed by atoms with Crippen molar-refractivity contribution in [1.29, 1.82) is 0 Å². The Morgan fingerprint density at radius 2 is 1.89 bits per heavy atom. The normalized spacial score (nSPS) is 13.7. The molecule has 0 aliphatic rings. The Bertz CT molecular complexity index is 407. The second-order valence-corrected chi connectivity index (χ2v) is 4.93. The van der Waals surface area contributed by atoms with Crippen LogP contribution in [0.4, 0.5) is 4.79 Å². The van der Waals surface area contributed by atoms with Crippen LogP contribution >= 0.6 is 0 Å². The maximum absolute atomic E-state index is 11.8. The summed E-state index contributed by atoms with van der Waals surface area (Å²) in [5.74, 6) is 0.454. The first kappa shape index (κ1) is 15.5. The summed E-state index contributed by atoms with van der Waals surface area (Å²) in [6, 6.07) is 7.52. The fourth-order valence-corrected chi connectivity index (χ4v) is 1.81. The first-order valence-electron chi connectivity index (χ1n) is 6.80. The van der Waals surface area contributed by atoms with Crippen LogP contribution in [0.1, 0.15) is 38.3 Å². The number of rotatable bonds is 6. The number of hydrogen-bond donors (Lipinski definition) is 3. The molecule has 0 aliphatic heterocycles. The highest BCUT2D eigenvalue weighted by molar-refractivity contribution is 5.74. The van der Waals surface area contributed by atoms with Gasteiger partial charge in [-0.15, -0.1) is 0 Å². The molecule has 4 heteroatoms. The summed E-state index contributed by atoms with van der Waals surface area (Å²) in [7, 11) is 0. The number of hydrogen-bond acceptors (Lipinski definition) is 2. The van der Waals surface area contributed by atoms with Crippen molar-refractivity contribution in [2.45, 2.75) is 46.4 Å². The van der Waals surface area contributed by atoms with Crippen LogP contribution in [0.3, 0.4) is 0 Å². The van der Waals surface area contributed by atoms with Crippen LogP contribution in [0.25, 0.3) is 0 Å². The van der Waals surface area contributed by atoms with Gasteiger partial charge in [0.05, 0.1) is 6.61 Å². The zero-order chi connectivity index (χ0) is 14.3. The molecule has 0 saturated carbocycles. The van der Waals surface area contributed by atoms with E-state index in [0.717, 1.165) is 17.5 Å². The minimum atomic E-state index is -0.166. The molecule has 0 saturated heterocycles. The van der Waals surface area contributed by atoms with Crippen molar-refractivity contribution < 1.29 is 9.90 Å². The Morgan fingerprint density at radius 3 is 2.47 bits per heavy atom. The van der Waals surface area contributed by atoms with Gasteiger partial charge in [0.1, 0.15) is 0 Å². The molecule has 106 valence electrons. The van der Waals surface area contributed by atoms with E-state index < -0.39 is 0 Å². The highest BCUT2D eigenvalue weighted by Gasteiger charge is 2.12. The van der Waals surface area contributed by atoms with E-state index in [1.54, 1.807) is 0 Å². The Hall–Kier alpha value is -1.55. The molecule has 2 unspecified atom stereocenters. The van der Waals surface area contributed by atoms with Crippen molar-refractivity contribution in [3.05, 3.63) is 35.4 Å². The lowest BCUT2D eigenvalue weighted by Gasteiger charge is -2.20. The van der Waals surface area contributed by atoms with E-state index in [0.29, 0.717) is 12.5 Å². The number of amides is 2. The third-order valence-corrected chi connectivity index (χ3v) is 3.58. The smallest absolute Gasteiger partial charge is 0.315 e. The average molecular weight is 264 g/mol. The molecule has 1 aromatic rings. The molecule has 0 spiro atoms. The van der Waals surface area contributed by atoms with Crippen molar-refractivity contribution in [2.75, 3.05) is 0 Å². The van der Waals surface area contributed by atoms with E-state index in [2.05, 4.69) is 24.5 Å². The van der Waals surface area contributed by atoms with Crippen LogP contribution in [0.15, 0.2) is 24.3 Å². The summed E-state index contributed by atoms with van der Waals surface area (Å²) < 4.78 is 0. The first-order chi connectivity index (χ1) is 9.08. The van der Waals surface area contributed by atoms with Crippen molar-refractivity contribution in [2.24, 2.45) is 5.92 Å². The van der Waals surface area contributed by atoms with Gasteiger partial charge in [-0.25, -0.2) is 4.79 Å². The predicted molar refractivity (Wildman–Crippen MR) is 76.7 cm³/mol. The van der Waals surface area contributed by atoms with Gasteiger partial charge in [-0.1, -0.05) is 44.5 Å². The van der Waals surface area contributed by atoms with E-state index in [-0.39, 0.29) is 18.7 Å². The summed E-state index contributed by atoms with van der Waals surface area (Å²) in [5.41, 5.74) is 1.79. The molecule has 0 radical (unpaired) electrons. The second-order valence-electron chi connectivity index (χ2n) is 4.93. The largest absolute Gasteiger partial charge is 0.392 e. The molecule has 1 aromatic carbocycles. The lowest BCUT2D eigenvalue weighted by atomic mass is 10.0. The summed E-state index contributed by atoms with van der Waals surface area (Å²) in [5, 5.41) is 15.0. The van der Waals surface area contributed by atoms with Gasteiger partial charge in [-0.05, 0) is 24.0 Å². The SMILES string of the molecule is CCC(C)C(C)NC(=O)NCc1ccccc1CO. The van der Waals surface area contributed by atoms with Crippen LogP contribution in [0.2, 0.25) is 0 Å². The molecular weight excluding hydrogens is 240 g/mol. The molecule has 2 amide bonds. The highest BCUT2D eigenvalue weighted by atomic mass is 16.3. The van der Waals surface area contributed by atoms with Gasteiger partial charge in [-0.3, -0.25) is 0 Å². The zero-order valence-electron chi connectivity index (χ0n) is 11.9. The first-order valence-corrected chi connectivity index (χ1v) is 6.80. The van der Waals surface area contributed by atoms with Gasteiger partial charge in [-0.2, -0.15) is 0 Å². The quantitative estimate of drug-likeness (QED) is 0.739. The Labute approximate surface area is 115 Å². The number of carbonyl (C=O) groups is 1. The molecule has 0 aliphatic carbocycles. The van der Waals surface area contributed by atoms with E-state index in [9.17, 15) is 9.90 Å². The standard InChI is InChI=1S/C15H24N2O2/c1-4-11(2)12(3)17-15(19)16-9-13-7-5-6-8-14(13)10-18/h5-8,11-12,18H,4,9-10H2,1-3H3,(H2,16,17,19). The van der Waals surface area contributed by atoms with Crippen LogP contribution in [-0.2, 0) is 13.2 Å². The number of aliphatic hydroxyl groups excluding tert-OH is 1. The summed E-state index contributed by atoms with van der Waals surface area (Å²) in [6.07, 6.45) is 1.04. The summed E-state index contributed by atoms with van der Waals surface area (Å²) >= 11 is 0. The predicted octanol–water partition coefficient (Wildman–Crippen LogP) is 2.41. The number of benzene rings is 1. The highest BCUT2D eigenvalue weighted by Crippen LogP contribution is 2.08. The number of carbonyl (C=O) groups excluding carboxylic acids is 1. The topological polar surface area (TPSA) is 61.4 Å². The Balaban J connectivity index is 2.46. The molecule has 19 heavy (non-hydrogen) atoms. The zero-order valence-corrected chi connectivity index (χ0v) is 11.9. The lowest BCUT2D eigenvalue weighted by molar-refractivity contribution is 0.232. The number of aliphatic hydroxyl groups is 1. The minimum absolute atomic E-state index is 0.0112. The third kappa shape index (κ3) is 4.91. The van der Waals surface area contributed by atoms with Crippen LogP contribution in [0, 0.1) is 5.92 Å². The third-order valence-electron chi connectivity index (χ3n) is 3.58. The average Bonchev–Trinajstić information content (AvgIpc) is 2.44. The van der Waals surface area contributed by atoms with E-state index in [1.165, 1.54) is 0 Å². The molecule has 3 N–H and O–H groups in total. The molecule has 0 fully saturated rings. The summed E-state index contributed by atoms with van der Waals surface area (Å²) in [4.78, 5) is 11.8. The maximum atomic E-state index is 11.8. The molecule has 0 aromatic heterocycles. The van der Waals surface area contributed by atoms with Gasteiger partial charge < -0.3 is 15.7 Å². The number of urea groups is 1. The van der Waals surface area contributed by atoms with Gasteiger partial charge in [0.2, 0.25) is 0 Å².